The van der Waals surface area contributed by atoms with Gasteiger partial charge in [-0.3, -0.25) is 14.5 Å². The molecule has 2 aromatic carbocycles. The van der Waals surface area contributed by atoms with Gasteiger partial charge >= 0.3 is 12.2 Å². The number of carbonyl (C=O) groups is 3. The third kappa shape index (κ3) is 7.41. The first-order valence-corrected chi connectivity index (χ1v) is 12.9. The van der Waals surface area contributed by atoms with Crippen LogP contribution in [0.1, 0.15) is 46.3 Å². The van der Waals surface area contributed by atoms with Crippen LogP contribution in [0.3, 0.4) is 0 Å². The molecular weight excluding hydrogens is 513 g/mol. The first-order chi connectivity index (χ1) is 18.5. The first kappa shape index (κ1) is 28.2. The van der Waals surface area contributed by atoms with Crippen molar-refractivity contribution in [2.45, 2.75) is 44.9 Å². The van der Waals surface area contributed by atoms with Gasteiger partial charge in [0, 0.05) is 50.1 Å². The molecule has 12 heteroatoms. The van der Waals surface area contributed by atoms with Gasteiger partial charge in [0.05, 0.1) is 17.7 Å². The van der Waals surface area contributed by atoms with Crippen molar-refractivity contribution >= 4 is 29.2 Å². The molecule has 2 aliphatic rings. The highest BCUT2D eigenvalue weighted by molar-refractivity contribution is 6.00. The zero-order valence-corrected chi connectivity index (χ0v) is 21.7. The van der Waals surface area contributed by atoms with E-state index in [1.54, 1.807) is 0 Å². The number of anilines is 2. The summed E-state index contributed by atoms with van der Waals surface area (Å²) in [6.07, 6.45) is -1.85. The number of likely N-dealkylation sites (tertiary alicyclic amines) is 2. The summed E-state index contributed by atoms with van der Waals surface area (Å²) in [6, 6.07) is 8.24. The van der Waals surface area contributed by atoms with E-state index in [1.165, 1.54) is 0 Å². The molecule has 0 saturated carbocycles. The molecule has 39 heavy (non-hydrogen) atoms. The molecular formula is C27H33F3N6O3. The third-order valence-electron chi connectivity index (χ3n) is 7.02. The molecule has 9 nitrogen and oxygen atoms in total. The second kappa shape index (κ2) is 11.9. The monoisotopic (exact) mass is 546 g/mol. The zero-order valence-electron chi connectivity index (χ0n) is 21.7. The molecule has 210 valence electrons. The van der Waals surface area contributed by atoms with E-state index in [1.807, 2.05) is 30.0 Å². The van der Waals surface area contributed by atoms with Crippen LogP contribution in [0, 0.1) is 6.92 Å². The van der Waals surface area contributed by atoms with Gasteiger partial charge in [-0.05, 0) is 61.6 Å². The lowest BCUT2D eigenvalue weighted by Crippen LogP contribution is -2.43. The van der Waals surface area contributed by atoms with Crippen LogP contribution in [0.2, 0.25) is 0 Å². The number of halogens is 3. The van der Waals surface area contributed by atoms with Crippen molar-refractivity contribution in [1.29, 1.82) is 0 Å². The van der Waals surface area contributed by atoms with Crippen molar-refractivity contribution in [2.75, 3.05) is 43.8 Å². The average Bonchev–Trinajstić information content (AvgIpc) is 3.57. The van der Waals surface area contributed by atoms with Crippen LogP contribution in [0.15, 0.2) is 36.4 Å². The van der Waals surface area contributed by atoms with Gasteiger partial charge in [0.25, 0.3) is 5.91 Å². The Balaban J connectivity index is 1.25. The summed E-state index contributed by atoms with van der Waals surface area (Å²) in [4.78, 5) is 41.3. The number of hydrogen-bond acceptors (Lipinski definition) is 5. The lowest BCUT2D eigenvalue weighted by molar-refractivity contribution is -0.137. The Hall–Kier alpha value is -3.80. The first-order valence-electron chi connectivity index (χ1n) is 12.9. The molecule has 0 aliphatic carbocycles. The second-order valence-corrected chi connectivity index (χ2v) is 10.0. The summed E-state index contributed by atoms with van der Waals surface area (Å²) >= 11 is 0. The molecule has 0 aromatic heterocycles. The summed E-state index contributed by atoms with van der Waals surface area (Å²) in [7, 11) is 0. The summed E-state index contributed by atoms with van der Waals surface area (Å²) in [5.74, 6) is -1.29. The molecule has 0 bridgehead atoms. The summed E-state index contributed by atoms with van der Waals surface area (Å²) < 4.78 is 38.9. The molecule has 1 atom stereocenters. The van der Waals surface area contributed by atoms with Gasteiger partial charge in [-0.1, -0.05) is 12.1 Å². The molecule has 1 unspecified atom stereocenters. The van der Waals surface area contributed by atoms with Gasteiger partial charge in [0.15, 0.2) is 0 Å². The quantitative estimate of drug-likeness (QED) is 0.397. The lowest BCUT2D eigenvalue weighted by Gasteiger charge is -2.20. The number of nitrogens with two attached hydrogens (primary N) is 1. The molecule has 0 spiro atoms. The summed E-state index contributed by atoms with van der Waals surface area (Å²) in [6.45, 7) is 5.10. The van der Waals surface area contributed by atoms with E-state index in [4.69, 9.17) is 5.73 Å². The molecule has 2 saturated heterocycles. The molecule has 2 fully saturated rings. The lowest BCUT2D eigenvalue weighted by atomic mass is 10.1. The van der Waals surface area contributed by atoms with Gasteiger partial charge in [-0.25, -0.2) is 4.79 Å². The predicted octanol–water partition coefficient (Wildman–Crippen LogP) is 3.34. The number of hydrogen-bond donors (Lipinski definition) is 4. The van der Waals surface area contributed by atoms with Crippen LogP contribution in [-0.2, 0) is 17.5 Å². The van der Waals surface area contributed by atoms with E-state index in [9.17, 15) is 27.6 Å². The van der Waals surface area contributed by atoms with Crippen molar-refractivity contribution in [3.63, 3.8) is 0 Å². The molecule has 2 aliphatic heterocycles. The van der Waals surface area contributed by atoms with E-state index in [-0.39, 0.29) is 29.9 Å². The van der Waals surface area contributed by atoms with Crippen molar-refractivity contribution < 1.29 is 27.6 Å². The number of rotatable bonds is 7. The maximum absolute atomic E-state index is 13.0. The fourth-order valence-corrected chi connectivity index (χ4v) is 4.83. The normalized spacial score (nSPS) is 17.7. The zero-order chi connectivity index (χ0) is 28.2. The molecule has 0 radical (unpaired) electrons. The van der Waals surface area contributed by atoms with Crippen LogP contribution in [0.5, 0.6) is 0 Å². The number of amides is 4. The highest BCUT2D eigenvalue weighted by Crippen LogP contribution is 2.31. The third-order valence-corrected chi connectivity index (χ3v) is 7.02. The molecule has 4 amide bonds. The van der Waals surface area contributed by atoms with Crippen molar-refractivity contribution in [3.8, 4) is 0 Å². The number of nitrogens with one attached hydrogen (secondary N) is 3. The Morgan fingerprint density at radius 1 is 1.05 bits per heavy atom. The minimum absolute atomic E-state index is 0.0838. The smallest absolute Gasteiger partial charge is 0.398 e. The summed E-state index contributed by atoms with van der Waals surface area (Å²) in [5, 5.41) is 8.22. The van der Waals surface area contributed by atoms with E-state index in [0.717, 1.165) is 61.4 Å². The van der Waals surface area contributed by atoms with Crippen LogP contribution in [-0.4, -0.2) is 66.4 Å². The highest BCUT2D eigenvalue weighted by atomic mass is 19.4. The Morgan fingerprint density at radius 2 is 1.79 bits per heavy atom. The van der Waals surface area contributed by atoms with E-state index < -0.39 is 23.6 Å². The molecule has 2 heterocycles. The van der Waals surface area contributed by atoms with Gasteiger partial charge in [-0.2, -0.15) is 13.2 Å². The number of aryl methyl sites for hydroxylation is 1. The second-order valence-electron chi connectivity index (χ2n) is 10.0. The Bertz CT molecular complexity index is 1230. The predicted molar refractivity (Wildman–Crippen MR) is 141 cm³/mol. The van der Waals surface area contributed by atoms with E-state index >= 15 is 0 Å². The number of carbonyl (C=O) groups excluding carboxylic acids is 3. The number of benzene rings is 2. The minimum Gasteiger partial charge on any atom is -0.398 e. The fraction of sp³-hybridized carbons (Fsp3) is 0.444. The molecule has 5 N–H and O–H groups in total. The van der Waals surface area contributed by atoms with Crippen LogP contribution < -0.4 is 21.7 Å². The molecule has 2 aromatic rings. The number of nitrogens with zero attached hydrogens (tertiary/aromatic N) is 2. The average molecular weight is 547 g/mol. The maximum Gasteiger partial charge on any atom is 0.416 e. The largest absolute Gasteiger partial charge is 0.416 e. The van der Waals surface area contributed by atoms with E-state index in [2.05, 4.69) is 20.9 Å². The van der Waals surface area contributed by atoms with Gasteiger partial charge < -0.3 is 26.6 Å². The van der Waals surface area contributed by atoms with Crippen LogP contribution in [0.4, 0.5) is 29.3 Å². The van der Waals surface area contributed by atoms with Crippen LogP contribution >= 0.6 is 0 Å². The van der Waals surface area contributed by atoms with Crippen molar-refractivity contribution in [3.05, 3.63) is 58.7 Å². The maximum atomic E-state index is 13.0. The number of nitrogen functional groups attached to an aromatic ring is 1. The van der Waals surface area contributed by atoms with Crippen molar-refractivity contribution in [1.82, 2.24) is 20.4 Å². The summed E-state index contributed by atoms with van der Waals surface area (Å²) in [5.41, 5.74) is 7.02. The standard InChI is InChI=1S/C27H33F3N6O3/c1-17-4-5-18(12-23(17)34-26(39)36-9-2-3-10-36)15-35-11-8-20(16-35)33-24(37)14-32-25(38)21-13-19(27(28,29)30)6-7-22(21)31/h4-7,12-13,20H,2-3,8-11,14-16,31H2,1H3,(H,32,38)(H,33,37)(H,34,39). The minimum atomic E-state index is -4.61. The van der Waals surface area contributed by atoms with Gasteiger partial charge in [-0.15, -0.1) is 0 Å². The molecule has 4 rings (SSSR count). The van der Waals surface area contributed by atoms with Crippen LogP contribution in [0.25, 0.3) is 0 Å². The topological polar surface area (TPSA) is 120 Å². The Labute approximate surface area is 224 Å². The Morgan fingerprint density at radius 3 is 2.51 bits per heavy atom. The van der Waals surface area contributed by atoms with E-state index in [0.29, 0.717) is 25.6 Å². The van der Waals surface area contributed by atoms with Crippen molar-refractivity contribution in [2.24, 2.45) is 0 Å². The Kier molecular flexibility index (Phi) is 8.63. The highest BCUT2D eigenvalue weighted by Gasteiger charge is 2.32. The number of urea groups is 1. The van der Waals surface area contributed by atoms with Gasteiger partial charge in [0.2, 0.25) is 5.91 Å². The SMILES string of the molecule is Cc1ccc(CN2CCC(NC(=O)CNC(=O)c3cc(C(F)(F)F)ccc3N)C2)cc1NC(=O)N1CCCC1. The number of alkyl halides is 3. The fourth-order valence-electron chi connectivity index (χ4n) is 4.83. The van der Waals surface area contributed by atoms with Gasteiger partial charge in [0.1, 0.15) is 0 Å².